The number of nitrogens with one attached hydrogen (secondary N) is 2. The smallest absolute Gasteiger partial charge is 0.324 e. The van der Waals surface area contributed by atoms with Crippen LogP contribution in [0.5, 0.6) is 0 Å². The second-order valence-corrected chi connectivity index (χ2v) is 7.96. The lowest BCUT2D eigenvalue weighted by Crippen LogP contribution is -2.41. The zero-order chi connectivity index (χ0) is 20.9. The molecule has 0 aliphatic carbocycles. The van der Waals surface area contributed by atoms with Gasteiger partial charge in [-0.15, -0.1) is 0 Å². The minimum atomic E-state index is -4.02. The van der Waals surface area contributed by atoms with E-state index in [-0.39, 0.29) is 16.3 Å². The molecule has 0 aliphatic rings. The fourth-order valence-electron chi connectivity index (χ4n) is 2.51. The van der Waals surface area contributed by atoms with E-state index in [4.69, 9.17) is 9.26 Å². The highest BCUT2D eigenvalue weighted by atomic mass is 32.2. The summed E-state index contributed by atoms with van der Waals surface area (Å²) in [5.74, 6) is -1.25. The maximum atomic E-state index is 12.4. The number of amides is 1. The van der Waals surface area contributed by atoms with E-state index in [1.807, 2.05) is 31.2 Å². The molecule has 1 aromatic carbocycles. The number of sulfonamides is 1. The summed E-state index contributed by atoms with van der Waals surface area (Å²) >= 11 is 0. The minimum absolute atomic E-state index is 0.112. The van der Waals surface area contributed by atoms with Crippen LogP contribution in [0.4, 0.5) is 0 Å². The summed E-state index contributed by atoms with van der Waals surface area (Å²) in [5, 5.41) is 6.23. The lowest BCUT2D eigenvalue weighted by molar-refractivity contribution is -0.149. The number of aryl methyl sites for hydroxylation is 3. The highest BCUT2D eigenvalue weighted by Gasteiger charge is 2.29. The molecule has 0 fully saturated rings. The van der Waals surface area contributed by atoms with Gasteiger partial charge in [-0.3, -0.25) is 9.59 Å². The van der Waals surface area contributed by atoms with Crippen molar-refractivity contribution >= 4 is 21.9 Å². The van der Waals surface area contributed by atoms with Crippen LogP contribution in [0.2, 0.25) is 0 Å². The summed E-state index contributed by atoms with van der Waals surface area (Å²) in [4.78, 5) is 23.8. The second-order valence-electron chi connectivity index (χ2n) is 6.31. The van der Waals surface area contributed by atoms with Crippen molar-refractivity contribution in [1.29, 1.82) is 0 Å². The Morgan fingerprint density at radius 1 is 1.21 bits per heavy atom. The van der Waals surface area contributed by atoms with Crippen molar-refractivity contribution in [3.8, 4) is 0 Å². The molecule has 0 unspecified atom stereocenters. The molecular formula is C18H23N3O6S. The lowest BCUT2D eigenvalue weighted by Gasteiger charge is -2.14. The van der Waals surface area contributed by atoms with Crippen molar-refractivity contribution in [2.45, 2.75) is 45.2 Å². The van der Waals surface area contributed by atoms with Crippen molar-refractivity contribution in [3.63, 3.8) is 0 Å². The summed E-state index contributed by atoms with van der Waals surface area (Å²) in [6.07, 6.45) is 0. The molecule has 28 heavy (non-hydrogen) atoms. The van der Waals surface area contributed by atoms with E-state index < -0.39 is 34.5 Å². The number of benzene rings is 1. The van der Waals surface area contributed by atoms with Gasteiger partial charge in [0.2, 0.25) is 10.0 Å². The zero-order valence-corrected chi connectivity index (χ0v) is 16.9. The summed E-state index contributed by atoms with van der Waals surface area (Å²) in [6, 6.07) is 6.37. The number of hydrogen-bond acceptors (Lipinski definition) is 7. The van der Waals surface area contributed by atoms with Gasteiger partial charge in [0.1, 0.15) is 16.6 Å². The maximum Gasteiger partial charge on any atom is 0.324 e. The summed E-state index contributed by atoms with van der Waals surface area (Å²) in [7, 11) is -4.02. The summed E-state index contributed by atoms with van der Waals surface area (Å²) in [5.41, 5.74) is 2.16. The lowest BCUT2D eigenvalue weighted by atomic mass is 10.1. The van der Waals surface area contributed by atoms with Gasteiger partial charge in [-0.2, -0.15) is 4.72 Å². The number of nitrogens with zero attached hydrogens (tertiary/aromatic N) is 1. The van der Waals surface area contributed by atoms with Gasteiger partial charge in [0.15, 0.2) is 12.4 Å². The first-order valence-electron chi connectivity index (χ1n) is 8.55. The number of rotatable bonds is 8. The predicted octanol–water partition coefficient (Wildman–Crippen LogP) is 1.13. The van der Waals surface area contributed by atoms with Crippen LogP contribution in [0, 0.1) is 20.8 Å². The molecule has 0 spiro atoms. The maximum absolute atomic E-state index is 12.4. The Balaban J connectivity index is 1.85. The molecule has 2 N–H and O–H groups in total. The van der Waals surface area contributed by atoms with Crippen LogP contribution < -0.4 is 10.0 Å². The van der Waals surface area contributed by atoms with Gasteiger partial charge in [-0.1, -0.05) is 29.4 Å². The SMILES string of the molecule is Cc1ccccc1CNC(=O)COC(=O)[C@H](C)NS(=O)(=O)c1c(C)noc1C. The Kier molecular flexibility index (Phi) is 6.92. The standard InChI is InChI=1S/C18H23N3O6S/c1-11-7-5-6-8-15(11)9-19-16(22)10-26-18(23)13(3)21-28(24,25)17-12(2)20-27-14(17)4/h5-8,13,21H,9-10H2,1-4H3,(H,19,22)/t13-/m0/s1. The first kappa shape index (κ1) is 21.6. The van der Waals surface area contributed by atoms with Crippen molar-refractivity contribution in [2.75, 3.05) is 6.61 Å². The zero-order valence-electron chi connectivity index (χ0n) is 16.1. The Hall–Kier alpha value is -2.72. The Morgan fingerprint density at radius 3 is 2.50 bits per heavy atom. The van der Waals surface area contributed by atoms with E-state index in [0.29, 0.717) is 6.54 Å². The third-order valence-corrected chi connectivity index (χ3v) is 5.79. The van der Waals surface area contributed by atoms with Crippen LogP contribution in [0.15, 0.2) is 33.7 Å². The summed E-state index contributed by atoms with van der Waals surface area (Å²) < 4.78 is 36.7. The van der Waals surface area contributed by atoms with Gasteiger partial charge in [-0.25, -0.2) is 8.42 Å². The molecule has 1 heterocycles. The molecule has 0 aliphatic heterocycles. The van der Waals surface area contributed by atoms with Crippen molar-refractivity contribution in [3.05, 3.63) is 46.8 Å². The topological polar surface area (TPSA) is 128 Å². The fraction of sp³-hybridized carbons (Fsp3) is 0.389. The van der Waals surface area contributed by atoms with Gasteiger partial charge < -0.3 is 14.6 Å². The van der Waals surface area contributed by atoms with Crippen molar-refractivity contribution in [1.82, 2.24) is 15.2 Å². The van der Waals surface area contributed by atoms with E-state index in [1.54, 1.807) is 0 Å². The van der Waals surface area contributed by atoms with Crippen molar-refractivity contribution in [2.24, 2.45) is 0 Å². The van der Waals surface area contributed by atoms with Crippen LogP contribution in [0.25, 0.3) is 0 Å². The van der Waals surface area contributed by atoms with Gasteiger partial charge in [0.05, 0.1) is 0 Å². The largest absolute Gasteiger partial charge is 0.454 e. The first-order valence-corrected chi connectivity index (χ1v) is 10.0. The molecule has 1 amide bonds. The van der Waals surface area contributed by atoms with E-state index in [9.17, 15) is 18.0 Å². The van der Waals surface area contributed by atoms with E-state index in [1.165, 1.54) is 20.8 Å². The number of ether oxygens (including phenoxy) is 1. The van der Waals surface area contributed by atoms with Crippen LogP contribution in [0.3, 0.4) is 0 Å². The number of hydrogen-bond donors (Lipinski definition) is 2. The number of carbonyl (C=O) groups is 2. The summed E-state index contributed by atoms with van der Waals surface area (Å²) in [6.45, 7) is 5.97. The molecule has 10 heteroatoms. The Labute approximate surface area is 163 Å². The second kappa shape index (κ2) is 8.98. The minimum Gasteiger partial charge on any atom is -0.454 e. The van der Waals surface area contributed by atoms with Gasteiger partial charge in [0.25, 0.3) is 5.91 Å². The molecule has 1 atom stereocenters. The van der Waals surface area contributed by atoms with Gasteiger partial charge in [-0.05, 0) is 38.8 Å². The van der Waals surface area contributed by atoms with E-state index in [0.717, 1.165) is 11.1 Å². The van der Waals surface area contributed by atoms with Gasteiger partial charge >= 0.3 is 5.97 Å². The molecule has 2 aromatic rings. The Bertz CT molecular complexity index is 948. The molecule has 9 nitrogen and oxygen atoms in total. The molecule has 0 radical (unpaired) electrons. The van der Waals surface area contributed by atoms with E-state index >= 15 is 0 Å². The number of aromatic nitrogens is 1. The molecule has 1 aromatic heterocycles. The predicted molar refractivity (Wildman–Crippen MR) is 99.7 cm³/mol. The average molecular weight is 409 g/mol. The molecule has 152 valence electrons. The van der Waals surface area contributed by atoms with Crippen LogP contribution >= 0.6 is 0 Å². The van der Waals surface area contributed by atoms with Crippen molar-refractivity contribution < 1.29 is 27.3 Å². The highest BCUT2D eigenvalue weighted by molar-refractivity contribution is 7.89. The van der Waals surface area contributed by atoms with Crippen LogP contribution in [-0.4, -0.2) is 38.1 Å². The first-order chi connectivity index (χ1) is 13.1. The Morgan fingerprint density at radius 2 is 1.89 bits per heavy atom. The molecular weight excluding hydrogens is 386 g/mol. The monoisotopic (exact) mass is 409 g/mol. The average Bonchev–Trinajstić information content (AvgIpc) is 2.97. The molecule has 2 rings (SSSR count). The molecule has 0 saturated heterocycles. The van der Waals surface area contributed by atoms with Gasteiger partial charge in [0, 0.05) is 6.54 Å². The molecule has 0 saturated carbocycles. The number of carbonyl (C=O) groups excluding carboxylic acids is 2. The van der Waals surface area contributed by atoms with E-state index in [2.05, 4.69) is 15.2 Å². The third-order valence-electron chi connectivity index (χ3n) is 4.00. The highest BCUT2D eigenvalue weighted by Crippen LogP contribution is 2.18. The number of esters is 1. The van der Waals surface area contributed by atoms with Crippen LogP contribution in [-0.2, 0) is 30.9 Å². The normalized spacial score (nSPS) is 12.4. The fourth-order valence-corrected chi connectivity index (χ4v) is 4.03. The molecule has 0 bridgehead atoms. The quantitative estimate of drug-likeness (QED) is 0.626. The van der Waals surface area contributed by atoms with Crippen LogP contribution in [0.1, 0.15) is 29.5 Å². The third kappa shape index (κ3) is 5.40.